The molecule has 4 nitrogen and oxygen atoms in total. The maximum Gasteiger partial charge on any atom is 0.225 e. The molecule has 6 heteroatoms. The van der Waals surface area contributed by atoms with Crippen LogP contribution in [0.1, 0.15) is 28.3 Å². The number of methoxy groups -OCH3 is 1. The van der Waals surface area contributed by atoms with Gasteiger partial charge in [-0.15, -0.1) is 11.3 Å². The highest BCUT2D eigenvalue weighted by Gasteiger charge is 2.31. The van der Waals surface area contributed by atoms with Crippen molar-refractivity contribution in [3.8, 4) is 11.5 Å². The van der Waals surface area contributed by atoms with E-state index in [2.05, 4.69) is 5.32 Å². The number of rotatable bonds is 5. The SMILES string of the molecule is COc1cccc([C@@H]2CC(=O)Nc3ccsc32)c1OCc1ccccc1F. The van der Waals surface area contributed by atoms with Crippen LogP contribution in [-0.2, 0) is 11.4 Å². The van der Waals surface area contributed by atoms with E-state index >= 15 is 0 Å². The molecule has 27 heavy (non-hydrogen) atoms. The Morgan fingerprint density at radius 3 is 2.85 bits per heavy atom. The summed E-state index contributed by atoms with van der Waals surface area (Å²) in [4.78, 5) is 13.3. The highest BCUT2D eigenvalue weighted by atomic mass is 32.1. The van der Waals surface area contributed by atoms with Gasteiger partial charge >= 0.3 is 0 Å². The minimum absolute atomic E-state index is 0.0335. The van der Waals surface area contributed by atoms with Crippen LogP contribution in [0.3, 0.4) is 0 Å². The highest BCUT2D eigenvalue weighted by molar-refractivity contribution is 7.10. The van der Waals surface area contributed by atoms with Crippen LogP contribution in [0.2, 0.25) is 0 Å². The molecule has 1 N–H and O–H groups in total. The summed E-state index contributed by atoms with van der Waals surface area (Å²) in [6.45, 7) is 0.0796. The minimum atomic E-state index is -0.313. The van der Waals surface area contributed by atoms with Gasteiger partial charge in [0.25, 0.3) is 0 Å². The van der Waals surface area contributed by atoms with Gasteiger partial charge in [0.15, 0.2) is 11.5 Å². The molecule has 0 bridgehead atoms. The largest absolute Gasteiger partial charge is 0.493 e. The average Bonchev–Trinajstić information content (AvgIpc) is 3.15. The van der Waals surface area contributed by atoms with E-state index in [1.54, 1.807) is 42.7 Å². The van der Waals surface area contributed by atoms with Crippen molar-refractivity contribution in [2.75, 3.05) is 12.4 Å². The van der Waals surface area contributed by atoms with Crippen LogP contribution < -0.4 is 14.8 Å². The lowest BCUT2D eigenvalue weighted by atomic mass is 9.89. The molecular weight excluding hydrogens is 365 g/mol. The van der Waals surface area contributed by atoms with Gasteiger partial charge in [-0.2, -0.15) is 0 Å². The number of halogens is 1. The van der Waals surface area contributed by atoms with Gasteiger partial charge in [-0.05, 0) is 23.6 Å². The number of carbonyl (C=O) groups excluding carboxylic acids is 1. The number of para-hydroxylation sites is 1. The minimum Gasteiger partial charge on any atom is -0.493 e. The maximum absolute atomic E-state index is 14.0. The Morgan fingerprint density at radius 1 is 1.19 bits per heavy atom. The zero-order valence-corrected chi connectivity index (χ0v) is 15.5. The summed E-state index contributed by atoms with van der Waals surface area (Å²) in [7, 11) is 1.57. The molecular formula is C21H18FNO3S. The fourth-order valence-electron chi connectivity index (χ4n) is 3.31. The predicted octanol–water partition coefficient (Wildman–Crippen LogP) is 4.95. The molecule has 1 amide bonds. The Labute approximate surface area is 160 Å². The molecule has 1 atom stereocenters. The summed E-state index contributed by atoms with van der Waals surface area (Å²) in [6.07, 6.45) is 0.330. The predicted molar refractivity (Wildman–Crippen MR) is 103 cm³/mol. The zero-order valence-electron chi connectivity index (χ0n) is 14.7. The first-order valence-corrected chi connectivity index (χ1v) is 9.45. The van der Waals surface area contributed by atoms with Crippen molar-refractivity contribution in [1.29, 1.82) is 0 Å². The third kappa shape index (κ3) is 3.40. The number of nitrogens with one attached hydrogen (secondary N) is 1. The van der Waals surface area contributed by atoms with E-state index in [0.717, 1.165) is 16.1 Å². The lowest BCUT2D eigenvalue weighted by Gasteiger charge is -2.25. The summed E-state index contributed by atoms with van der Waals surface area (Å²) in [6, 6.07) is 14.0. The van der Waals surface area contributed by atoms with Gasteiger partial charge in [-0.3, -0.25) is 4.79 Å². The van der Waals surface area contributed by atoms with E-state index < -0.39 is 0 Å². The number of fused-ring (bicyclic) bond motifs is 1. The molecule has 1 aromatic heterocycles. The van der Waals surface area contributed by atoms with Crippen molar-refractivity contribution in [2.45, 2.75) is 18.9 Å². The van der Waals surface area contributed by atoms with Gasteiger partial charge in [0.1, 0.15) is 12.4 Å². The van der Waals surface area contributed by atoms with Gasteiger partial charge < -0.3 is 14.8 Å². The third-order valence-corrected chi connectivity index (χ3v) is 5.64. The fourth-order valence-corrected chi connectivity index (χ4v) is 4.28. The summed E-state index contributed by atoms with van der Waals surface area (Å²) in [5.74, 6) is 0.634. The molecule has 1 aliphatic rings. The van der Waals surface area contributed by atoms with Crippen LogP contribution in [0.25, 0.3) is 0 Å². The molecule has 0 saturated carbocycles. The number of anilines is 1. The number of hydrogen-bond acceptors (Lipinski definition) is 4. The van der Waals surface area contributed by atoms with E-state index in [1.807, 2.05) is 23.6 Å². The van der Waals surface area contributed by atoms with Crippen LogP contribution in [0.5, 0.6) is 11.5 Å². The van der Waals surface area contributed by atoms with Gasteiger partial charge in [-0.1, -0.05) is 30.3 Å². The molecule has 0 radical (unpaired) electrons. The second-order valence-corrected chi connectivity index (χ2v) is 7.21. The smallest absolute Gasteiger partial charge is 0.225 e. The number of benzene rings is 2. The van der Waals surface area contributed by atoms with Crippen molar-refractivity contribution >= 4 is 22.9 Å². The monoisotopic (exact) mass is 383 g/mol. The highest BCUT2D eigenvalue weighted by Crippen LogP contribution is 2.46. The standard InChI is InChI=1S/C21H18FNO3S/c1-25-18-8-4-6-14(15-11-19(24)23-17-9-10-27-21(15)17)20(18)26-12-13-5-2-3-7-16(13)22/h2-10,15H,11-12H2,1H3,(H,23,24)/t15-/m0/s1. The Morgan fingerprint density at radius 2 is 2.04 bits per heavy atom. The molecule has 1 aliphatic heterocycles. The van der Waals surface area contributed by atoms with Gasteiger partial charge in [-0.25, -0.2) is 4.39 Å². The van der Waals surface area contributed by atoms with Crippen LogP contribution in [0, 0.1) is 5.82 Å². The summed E-state index contributed by atoms with van der Waals surface area (Å²) >= 11 is 1.60. The first-order valence-electron chi connectivity index (χ1n) is 8.57. The summed E-state index contributed by atoms with van der Waals surface area (Å²) < 4.78 is 25.5. The van der Waals surface area contributed by atoms with Crippen molar-refractivity contribution < 1.29 is 18.7 Å². The number of ether oxygens (including phenoxy) is 2. The Kier molecular flexibility index (Phi) is 4.81. The van der Waals surface area contributed by atoms with Crippen molar-refractivity contribution in [1.82, 2.24) is 0 Å². The molecule has 2 heterocycles. The van der Waals surface area contributed by atoms with Crippen molar-refractivity contribution in [2.24, 2.45) is 0 Å². The first kappa shape index (κ1) is 17.5. The molecule has 0 aliphatic carbocycles. The molecule has 0 saturated heterocycles. The van der Waals surface area contributed by atoms with Crippen LogP contribution in [-0.4, -0.2) is 13.0 Å². The van der Waals surface area contributed by atoms with E-state index in [9.17, 15) is 9.18 Å². The normalized spacial score (nSPS) is 15.8. The second-order valence-electron chi connectivity index (χ2n) is 6.26. The average molecular weight is 383 g/mol. The Balaban J connectivity index is 1.72. The third-order valence-electron chi connectivity index (χ3n) is 4.61. The molecule has 4 rings (SSSR count). The fraction of sp³-hybridized carbons (Fsp3) is 0.190. The summed E-state index contributed by atoms with van der Waals surface area (Å²) in [5.41, 5.74) is 2.17. The van der Waals surface area contributed by atoms with Crippen molar-refractivity contribution in [3.05, 3.63) is 75.7 Å². The topological polar surface area (TPSA) is 47.6 Å². The molecule has 0 fully saturated rings. The van der Waals surface area contributed by atoms with Gasteiger partial charge in [0, 0.05) is 28.3 Å². The van der Waals surface area contributed by atoms with Gasteiger partial charge in [0.2, 0.25) is 5.91 Å². The summed E-state index contributed by atoms with van der Waals surface area (Å²) in [5, 5.41) is 4.86. The van der Waals surface area contributed by atoms with Crippen molar-refractivity contribution in [3.63, 3.8) is 0 Å². The molecule has 0 spiro atoms. The van der Waals surface area contributed by atoms with Gasteiger partial charge in [0.05, 0.1) is 12.8 Å². The molecule has 0 unspecified atom stereocenters. The van der Waals surface area contributed by atoms with E-state index in [0.29, 0.717) is 23.5 Å². The Hall–Kier alpha value is -2.86. The number of carbonyl (C=O) groups is 1. The molecule has 138 valence electrons. The lowest BCUT2D eigenvalue weighted by Crippen LogP contribution is -2.22. The molecule has 3 aromatic rings. The first-order chi connectivity index (χ1) is 13.2. The zero-order chi connectivity index (χ0) is 18.8. The number of amides is 1. The second kappa shape index (κ2) is 7.40. The van der Waals surface area contributed by atoms with E-state index in [-0.39, 0.29) is 24.2 Å². The van der Waals surface area contributed by atoms with E-state index in [1.165, 1.54) is 6.07 Å². The van der Waals surface area contributed by atoms with E-state index in [4.69, 9.17) is 9.47 Å². The maximum atomic E-state index is 14.0. The van der Waals surface area contributed by atoms with Crippen LogP contribution in [0.15, 0.2) is 53.9 Å². The molecule has 2 aromatic carbocycles. The number of hydrogen-bond donors (Lipinski definition) is 1. The van der Waals surface area contributed by atoms with Crippen LogP contribution in [0.4, 0.5) is 10.1 Å². The quantitative estimate of drug-likeness (QED) is 0.678. The lowest BCUT2D eigenvalue weighted by molar-refractivity contribution is -0.116. The van der Waals surface area contributed by atoms with Crippen LogP contribution >= 0.6 is 11.3 Å². The number of thiophene rings is 1. The Bertz CT molecular complexity index is 985.